The van der Waals surface area contributed by atoms with Crippen molar-refractivity contribution >= 4 is 29.4 Å². The summed E-state index contributed by atoms with van der Waals surface area (Å²) in [6.45, 7) is 3.69. The zero-order chi connectivity index (χ0) is 14.5. The Morgan fingerprint density at radius 1 is 1.40 bits per heavy atom. The summed E-state index contributed by atoms with van der Waals surface area (Å²) in [5.74, 6) is 0.486. The van der Waals surface area contributed by atoms with E-state index in [1.165, 1.54) is 18.1 Å². The van der Waals surface area contributed by atoms with Crippen molar-refractivity contribution in [3.05, 3.63) is 30.2 Å². The summed E-state index contributed by atoms with van der Waals surface area (Å²) in [7, 11) is 0. The number of amides is 1. The van der Waals surface area contributed by atoms with Crippen molar-refractivity contribution in [1.82, 2.24) is 19.9 Å². The van der Waals surface area contributed by atoms with E-state index < -0.39 is 0 Å². The molecule has 2 heterocycles. The fraction of sp³-hybridized carbons (Fsp3) is 0.250. The predicted molar refractivity (Wildman–Crippen MR) is 77.2 cm³/mol. The van der Waals surface area contributed by atoms with Crippen LogP contribution in [0.3, 0.4) is 0 Å². The molecular weight excluding hydrogens is 276 g/mol. The molecule has 104 valence electrons. The van der Waals surface area contributed by atoms with Crippen LogP contribution in [0.5, 0.6) is 0 Å². The van der Waals surface area contributed by atoms with Crippen LogP contribution in [0.4, 0.5) is 11.8 Å². The lowest BCUT2D eigenvalue weighted by molar-refractivity contribution is -0.115. The molecule has 0 bridgehead atoms. The van der Waals surface area contributed by atoms with Gasteiger partial charge < -0.3 is 11.1 Å². The molecule has 20 heavy (non-hydrogen) atoms. The highest BCUT2D eigenvalue weighted by Gasteiger charge is 2.16. The fourth-order valence-corrected chi connectivity index (χ4v) is 2.13. The number of aromatic nitrogens is 4. The Bertz CT molecular complexity index is 620. The molecule has 2 rings (SSSR count). The SMILES string of the molecule is Cc1ccnc(NC(=O)C(C)Sc2ncnc(N)n2)c1. The molecular formula is C12H14N6OS. The summed E-state index contributed by atoms with van der Waals surface area (Å²) < 4.78 is 0. The lowest BCUT2D eigenvalue weighted by Crippen LogP contribution is -2.23. The van der Waals surface area contributed by atoms with Gasteiger partial charge in [0.05, 0.1) is 5.25 Å². The van der Waals surface area contributed by atoms with Crippen LogP contribution in [0.2, 0.25) is 0 Å². The highest BCUT2D eigenvalue weighted by Crippen LogP contribution is 2.20. The van der Waals surface area contributed by atoms with Crippen LogP contribution in [-0.2, 0) is 4.79 Å². The average molecular weight is 290 g/mol. The highest BCUT2D eigenvalue weighted by atomic mass is 32.2. The molecule has 0 saturated heterocycles. The van der Waals surface area contributed by atoms with Gasteiger partial charge in [-0.3, -0.25) is 4.79 Å². The Morgan fingerprint density at radius 3 is 2.90 bits per heavy atom. The molecule has 0 aliphatic rings. The number of thioether (sulfide) groups is 1. The van der Waals surface area contributed by atoms with Gasteiger partial charge in [0.25, 0.3) is 0 Å². The number of nitrogen functional groups attached to an aromatic ring is 1. The van der Waals surface area contributed by atoms with E-state index >= 15 is 0 Å². The number of anilines is 2. The first-order valence-electron chi connectivity index (χ1n) is 5.89. The second-order valence-electron chi connectivity index (χ2n) is 4.09. The van der Waals surface area contributed by atoms with Gasteiger partial charge in [0.15, 0.2) is 5.16 Å². The maximum absolute atomic E-state index is 12.0. The Labute approximate surface area is 120 Å². The summed E-state index contributed by atoms with van der Waals surface area (Å²) in [5.41, 5.74) is 6.49. The quantitative estimate of drug-likeness (QED) is 0.817. The number of pyridine rings is 1. The van der Waals surface area contributed by atoms with E-state index in [0.717, 1.165) is 5.56 Å². The Kier molecular flexibility index (Phi) is 4.46. The Hall–Kier alpha value is -2.22. The second kappa shape index (κ2) is 6.29. The number of carbonyl (C=O) groups is 1. The molecule has 0 fully saturated rings. The smallest absolute Gasteiger partial charge is 0.238 e. The van der Waals surface area contributed by atoms with Gasteiger partial charge in [-0.1, -0.05) is 11.8 Å². The normalized spacial score (nSPS) is 11.9. The minimum absolute atomic E-state index is 0.135. The van der Waals surface area contributed by atoms with Crippen molar-refractivity contribution in [2.75, 3.05) is 11.1 Å². The third kappa shape index (κ3) is 3.89. The molecule has 3 N–H and O–H groups in total. The lowest BCUT2D eigenvalue weighted by Gasteiger charge is -2.10. The first kappa shape index (κ1) is 14.2. The van der Waals surface area contributed by atoms with E-state index in [1.807, 2.05) is 13.0 Å². The van der Waals surface area contributed by atoms with Crippen LogP contribution in [-0.4, -0.2) is 31.1 Å². The molecule has 0 aliphatic carbocycles. The summed E-state index contributed by atoms with van der Waals surface area (Å²) >= 11 is 1.21. The number of hydrogen-bond donors (Lipinski definition) is 2. The number of rotatable bonds is 4. The van der Waals surface area contributed by atoms with E-state index in [0.29, 0.717) is 11.0 Å². The largest absolute Gasteiger partial charge is 0.368 e. The van der Waals surface area contributed by atoms with Crippen LogP contribution in [0.15, 0.2) is 29.8 Å². The van der Waals surface area contributed by atoms with Crippen LogP contribution in [0, 0.1) is 6.92 Å². The van der Waals surface area contributed by atoms with Crippen LogP contribution in [0.25, 0.3) is 0 Å². The molecule has 0 spiro atoms. The van der Waals surface area contributed by atoms with Crippen LogP contribution < -0.4 is 11.1 Å². The van der Waals surface area contributed by atoms with Gasteiger partial charge in [0.2, 0.25) is 11.9 Å². The second-order valence-corrected chi connectivity index (χ2v) is 5.40. The van der Waals surface area contributed by atoms with E-state index in [-0.39, 0.29) is 17.1 Å². The third-order valence-electron chi connectivity index (χ3n) is 2.39. The van der Waals surface area contributed by atoms with Crippen molar-refractivity contribution in [3.63, 3.8) is 0 Å². The number of carbonyl (C=O) groups excluding carboxylic acids is 1. The number of hydrogen-bond acceptors (Lipinski definition) is 7. The minimum Gasteiger partial charge on any atom is -0.368 e. The van der Waals surface area contributed by atoms with E-state index in [2.05, 4.69) is 25.3 Å². The summed E-state index contributed by atoms with van der Waals surface area (Å²) in [5, 5.41) is 2.78. The van der Waals surface area contributed by atoms with Crippen LogP contribution >= 0.6 is 11.8 Å². The molecule has 0 aromatic carbocycles. The van der Waals surface area contributed by atoms with Gasteiger partial charge in [-0.25, -0.2) is 15.0 Å². The summed E-state index contributed by atoms with van der Waals surface area (Å²) in [4.78, 5) is 27.7. The minimum atomic E-state index is -0.376. The van der Waals surface area contributed by atoms with Crippen molar-refractivity contribution < 1.29 is 4.79 Å². The van der Waals surface area contributed by atoms with Gasteiger partial charge in [0.1, 0.15) is 12.1 Å². The van der Waals surface area contributed by atoms with Crippen molar-refractivity contribution in [3.8, 4) is 0 Å². The third-order valence-corrected chi connectivity index (χ3v) is 3.36. The molecule has 1 unspecified atom stereocenters. The average Bonchev–Trinajstić information content (AvgIpc) is 2.38. The zero-order valence-corrected chi connectivity index (χ0v) is 11.9. The number of nitrogens with two attached hydrogens (primary N) is 1. The monoisotopic (exact) mass is 290 g/mol. The predicted octanol–water partition coefficient (Wildman–Crippen LogP) is 1.28. The first-order valence-corrected chi connectivity index (χ1v) is 6.77. The van der Waals surface area contributed by atoms with Gasteiger partial charge in [-0.2, -0.15) is 4.98 Å². The van der Waals surface area contributed by atoms with Gasteiger partial charge in [-0.15, -0.1) is 0 Å². The van der Waals surface area contributed by atoms with E-state index in [4.69, 9.17) is 5.73 Å². The molecule has 0 saturated carbocycles. The van der Waals surface area contributed by atoms with Gasteiger partial charge in [0, 0.05) is 6.20 Å². The molecule has 2 aromatic heterocycles. The molecule has 8 heteroatoms. The molecule has 1 amide bonds. The Morgan fingerprint density at radius 2 is 2.20 bits per heavy atom. The topological polar surface area (TPSA) is 107 Å². The van der Waals surface area contributed by atoms with Crippen molar-refractivity contribution in [2.24, 2.45) is 0 Å². The molecule has 2 aromatic rings. The molecule has 0 radical (unpaired) electrons. The molecule has 1 atom stereocenters. The van der Waals surface area contributed by atoms with E-state index in [1.54, 1.807) is 19.2 Å². The maximum atomic E-state index is 12.0. The van der Waals surface area contributed by atoms with Crippen LogP contribution in [0.1, 0.15) is 12.5 Å². The van der Waals surface area contributed by atoms with Crippen molar-refractivity contribution in [2.45, 2.75) is 24.3 Å². The summed E-state index contributed by atoms with van der Waals surface area (Å²) in [6.07, 6.45) is 2.97. The first-order chi connectivity index (χ1) is 9.54. The standard InChI is InChI=1S/C12H14N6OS/c1-7-3-4-14-9(5-7)17-10(19)8(2)20-12-16-6-15-11(13)18-12/h3-6,8H,1-2H3,(H,14,17,19)(H2,13,15,16,18). The van der Waals surface area contributed by atoms with E-state index in [9.17, 15) is 4.79 Å². The zero-order valence-electron chi connectivity index (χ0n) is 11.1. The molecule has 7 nitrogen and oxygen atoms in total. The maximum Gasteiger partial charge on any atom is 0.238 e. The number of aryl methyl sites for hydroxylation is 1. The lowest BCUT2D eigenvalue weighted by atomic mass is 10.3. The Balaban J connectivity index is 1.98. The number of nitrogens with one attached hydrogen (secondary N) is 1. The summed E-state index contributed by atoms with van der Waals surface area (Å²) in [6, 6.07) is 3.66. The molecule has 0 aliphatic heterocycles. The number of nitrogens with zero attached hydrogens (tertiary/aromatic N) is 4. The van der Waals surface area contributed by atoms with Gasteiger partial charge in [-0.05, 0) is 31.5 Å². The van der Waals surface area contributed by atoms with Gasteiger partial charge >= 0.3 is 0 Å². The van der Waals surface area contributed by atoms with Crippen molar-refractivity contribution in [1.29, 1.82) is 0 Å². The fourth-order valence-electron chi connectivity index (χ4n) is 1.39. The highest BCUT2D eigenvalue weighted by molar-refractivity contribution is 8.00.